The van der Waals surface area contributed by atoms with Crippen LogP contribution < -0.4 is 11.5 Å². The Kier molecular flexibility index (Phi) is 5.91. The number of nitrogens with two attached hydrogens (primary N) is 2. The molecule has 4 rings (SSSR count). The van der Waals surface area contributed by atoms with E-state index in [1.54, 1.807) is 30.3 Å². The molecule has 168 valence electrons. The molecule has 3 aromatic carbocycles. The van der Waals surface area contributed by atoms with Crippen LogP contribution in [0.3, 0.4) is 0 Å². The largest absolute Gasteiger partial charge is 0.368 e. The summed E-state index contributed by atoms with van der Waals surface area (Å²) in [5.41, 5.74) is 12.5. The zero-order chi connectivity index (χ0) is 23.7. The molecule has 0 fully saturated rings. The van der Waals surface area contributed by atoms with E-state index in [1.807, 2.05) is 0 Å². The van der Waals surface area contributed by atoms with Crippen LogP contribution >= 0.6 is 0 Å². The second kappa shape index (κ2) is 8.82. The smallest absolute Gasteiger partial charge is 0.255 e. The van der Waals surface area contributed by atoms with Crippen LogP contribution in [0.4, 0.5) is 8.78 Å². The monoisotopic (exact) mass is 449 g/mol. The molecule has 8 heteroatoms. The van der Waals surface area contributed by atoms with Crippen LogP contribution in [0.1, 0.15) is 55.9 Å². The van der Waals surface area contributed by atoms with Crippen LogP contribution in [-0.2, 0) is 11.2 Å². The fourth-order valence-corrected chi connectivity index (χ4v) is 4.37. The standard InChI is InChI=1S/C25H21F2N3O3/c26-17-12-19-18(20(27)13-17)10-11-21(19)30(22(24(29)32)14-4-2-1-3-5-14)25(33)16-8-6-15(7-9-16)23(28)31/h1-9,12-13,21-22H,10-11H2,(H2,28,31)(H2,29,32)/t21-,22-/m1/s1. The van der Waals surface area contributed by atoms with Gasteiger partial charge in [0.15, 0.2) is 0 Å². The van der Waals surface area contributed by atoms with E-state index < -0.39 is 41.4 Å². The molecule has 0 aromatic heterocycles. The summed E-state index contributed by atoms with van der Waals surface area (Å²) >= 11 is 0. The first-order valence-corrected chi connectivity index (χ1v) is 10.3. The van der Waals surface area contributed by atoms with Crippen molar-refractivity contribution in [2.75, 3.05) is 0 Å². The maximum atomic E-state index is 14.4. The Balaban J connectivity index is 1.86. The molecule has 0 bridgehead atoms. The summed E-state index contributed by atoms with van der Waals surface area (Å²) in [6.07, 6.45) is 0.564. The quantitative estimate of drug-likeness (QED) is 0.602. The fraction of sp³-hybridized carbons (Fsp3) is 0.160. The maximum absolute atomic E-state index is 14.4. The van der Waals surface area contributed by atoms with E-state index in [9.17, 15) is 23.2 Å². The normalized spacial score (nSPS) is 15.5. The minimum Gasteiger partial charge on any atom is -0.368 e. The lowest BCUT2D eigenvalue weighted by molar-refractivity contribution is -0.123. The lowest BCUT2D eigenvalue weighted by Gasteiger charge is -2.36. The van der Waals surface area contributed by atoms with Gasteiger partial charge in [0, 0.05) is 17.2 Å². The number of amides is 3. The lowest BCUT2D eigenvalue weighted by atomic mass is 9.97. The van der Waals surface area contributed by atoms with Crippen molar-refractivity contribution in [3.05, 3.63) is 106 Å². The number of rotatable bonds is 6. The Hall–Kier alpha value is -4.07. The van der Waals surface area contributed by atoms with Crippen molar-refractivity contribution in [2.45, 2.75) is 24.9 Å². The highest BCUT2D eigenvalue weighted by Crippen LogP contribution is 2.42. The number of carbonyl (C=O) groups is 3. The Morgan fingerprint density at radius 3 is 2.15 bits per heavy atom. The average Bonchev–Trinajstić information content (AvgIpc) is 3.21. The Bertz CT molecular complexity index is 1230. The van der Waals surface area contributed by atoms with Gasteiger partial charge in [-0.15, -0.1) is 0 Å². The van der Waals surface area contributed by atoms with Crippen LogP contribution in [0.15, 0.2) is 66.7 Å². The van der Waals surface area contributed by atoms with E-state index in [0.29, 0.717) is 16.7 Å². The molecule has 0 radical (unpaired) electrons. The van der Waals surface area contributed by atoms with Crippen molar-refractivity contribution in [3.63, 3.8) is 0 Å². The molecular weight excluding hydrogens is 428 g/mol. The summed E-state index contributed by atoms with van der Waals surface area (Å²) in [5.74, 6) is -3.47. The molecule has 0 heterocycles. The highest BCUT2D eigenvalue weighted by molar-refractivity contribution is 5.99. The number of nitrogens with zero attached hydrogens (tertiary/aromatic N) is 1. The molecular formula is C25H21F2N3O3. The van der Waals surface area contributed by atoms with Gasteiger partial charge in [-0.2, -0.15) is 0 Å². The Morgan fingerprint density at radius 2 is 1.55 bits per heavy atom. The van der Waals surface area contributed by atoms with Crippen molar-refractivity contribution in [1.29, 1.82) is 0 Å². The van der Waals surface area contributed by atoms with Gasteiger partial charge in [0.25, 0.3) is 5.91 Å². The molecule has 0 saturated carbocycles. The third-order valence-corrected chi connectivity index (χ3v) is 5.87. The van der Waals surface area contributed by atoms with Crippen LogP contribution in [0.25, 0.3) is 0 Å². The van der Waals surface area contributed by atoms with Crippen molar-refractivity contribution >= 4 is 17.7 Å². The van der Waals surface area contributed by atoms with Crippen LogP contribution in [0.5, 0.6) is 0 Å². The minimum absolute atomic E-state index is 0.174. The van der Waals surface area contributed by atoms with E-state index in [4.69, 9.17) is 11.5 Å². The molecule has 0 saturated heterocycles. The van der Waals surface area contributed by atoms with E-state index in [1.165, 1.54) is 35.2 Å². The molecule has 0 spiro atoms. The van der Waals surface area contributed by atoms with Crippen LogP contribution in [-0.4, -0.2) is 22.6 Å². The predicted molar refractivity (Wildman–Crippen MR) is 117 cm³/mol. The van der Waals surface area contributed by atoms with Gasteiger partial charge in [0.1, 0.15) is 17.7 Å². The second-order valence-electron chi connectivity index (χ2n) is 7.88. The molecule has 4 N–H and O–H groups in total. The average molecular weight is 449 g/mol. The van der Waals surface area contributed by atoms with Gasteiger partial charge in [-0.1, -0.05) is 30.3 Å². The number of halogens is 2. The van der Waals surface area contributed by atoms with Gasteiger partial charge in [0.2, 0.25) is 11.8 Å². The summed E-state index contributed by atoms with van der Waals surface area (Å²) < 4.78 is 28.5. The first-order valence-electron chi connectivity index (χ1n) is 10.3. The molecule has 3 amide bonds. The number of primary amides is 2. The van der Waals surface area contributed by atoms with Gasteiger partial charge in [0.05, 0.1) is 6.04 Å². The summed E-state index contributed by atoms with van der Waals surface area (Å²) in [5, 5.41) is 0. The summed E-state index contributed by atoms with van der Waals surface area (Å²) in [6, 6.07) is 14.1. The first kappa shape index (κ1) is 22.1. The van der Waals surface area contributed by atoms with E-state index in [2.05, 4.69) is 0 Å². The zero-order valence-electron chi connectivity index (χ0n) is 17.5. The van der Waals surface area contributed by atoms with Gasteiger partial charge >= 0.3 is 0 Å². The van der Waals surface area contributed by atoms with Crippen LogP contribution in [0, 0.1) is 11.6 Å². The number of carbonyl (C=O) groups excluding carboxylic acids is 3. The van der Waals surface area contributed by atoms with Gasteiger partial charge in [-0.25, -0.2) is 8.78 Å². The second-order valence-corrected chi connectivity index (χ2v) is 7.88. The van der Waals surface area contributed by atoms with Crippen molar-refractivity contribution < 1.29 is 23.2 Å². The third kappa shape index (κ3) is 4.19. The molecule has 3 aromatic rings. The summed E-state index contributed by atoms with van der Waals surface area (Å²) in [7, 11) is 0. The van der Waals surface area contributed by atoms with E-state index in [-0.39, 0.29) is 24.0 Å². The van der Waals surface area contributed by atoms with E-state index >= 15 is 0 Å². The minimum atomic E-state index is -1.18. The lowest BCUT2D eigenvalue weighted by Crippen LogP contribution is -2.43. The molecule has 2 atom stereocenters. The highest BCUT2D eigenvalue weighted by atomic mass is 19.1. The van der Waals surface area contributed by atoms with Gasteiger partial charge in [-0.05, 0) is 59.9 Å². The molecule has 0 unspecified atom stereocenters. The number of hydrogen-bond donors (Lipinski definition) is 2. The summed E-state index contributed by atoms with van der Waals surface area (Å²) in [6.45, 7) is 0. The SMILES string of the molecule is NC(=O)c1ccc(C(=O)N([C@@H]2CCc3c(F)cc(F)cc32)[C@@H](C(N)=O)c2ccccc2)cc1. The third-order valence-electron chi connectivity index (χ3n) is 5.87. The zero-order valence-corrected chi connectivity index (χ0v) is 17.5. The molecule has 6 nitrogen and oxygen atoms in total. The highest BCUT2D eigenvalue weighted by Gasteiger charge is 2.40. The van der Waals surface area contributed by atoms with Crippen molar-refractivity contribution in [3.8, 4) is 0 Å². The van der Waals surface area contributed by atoms with E-state index in [0.717, 1.165) is 6.07 Å². The van der Waals surface area contributed by atoms with Crippen molar-refractivity contribution in [2.24, 2.45) is 11.5 Å². The number of benzene rings is 3. The van der Waals surface area contributed by atoms with Gasteiger partial charge in [-0.3, -0.25) is 14.4 Å². The van der Waals surface area contributed by atoms with Crippen molar-refractivity contribution in [1.82, 2.24) is 4.90 Å². The molecule has 0 aliphatic heterocycles. The molecule has 1 aliphatic rings. The number of hydrogen-bond acceptors (Lipinski definition) is 3. The Morgan fingerprint density at radius 1 is 0.909 bits per heavy atom. The molecule has 33 heavy (non-hydrogen) atoms. The maximum Gasteiger partial charge on any atom is 0.255 e. The summed E-state index contributed by atoms with van der Waals surface area (Å²) in [4.78, 5) is 39.1. The Labute approximate surface area is 188 Å². The predicted octanol–water partition coefficient (Wildman–Crippen LogP) is 3.42. The van der Waals surface area contributed by atoms with Crippen LogP contribution in [0.2, 0.25) is 0 Å². The topological polar surface area (TPSA) is 106 Å². The number of fused-ring (bicyclic) bond motifs is 1. The fourth-order valence-electron chi connectivity index (χ4n) is 4.37. The first-order chi connectivity index (χ1) is 15.8. The van der Waals surface area contributed by atoms with Gasteiger partial charge < -0.3 is 16.4 Å². The molecule has 1 aliphatic carbocycles.